The Morgan fingerprint density at radius 3 is 2.19 bits per heavy atom. The molecule has 0 aromatic heterocycles. The number of nitrogens with one attached hydrogen (secondary N) is 2. The van der Waals surface area contributed by atoms with Gasteiger partial charge in [0, 0.05) is 37.3 Å². The Balaban J connectivity index is 0.00000627. The predicted molar refractivity (Wildman–Crippen MR) is 190 cm³/mol. The summed E-state index contributed by atoms with van der Waals surface area (Å²) in [6.07, 6.45) is -0.424. The van der Waals surface area contributed by atoms with E-state index in [1.54, 1.807) is 41.3 Å². The molecule has 0 unspecified atom stereocenters. The third-order valence-corrected chi connectivity index (χ3v) is 10.5. The number of amides is 2. The molecule has 17 heteroatoms. The quantitative estimate of drug-likeness (QED) is 0.0300. The molecule has 0 bridgehead atoms. The van der Waals surface area contributed by atoms with Gasteiger partial charge >= 0.3 is 37.2 Å². The first-order valence-electron chi connectivity index (χ1n) is 16.4. The number of carbonyl (C=O) groups excluding carboxylic acids is 2. The summed E-state index contributed by atoms with van der Waals surface area (Å²) in [6, 6.07) is 22.4. The number of benzene rings is 4. The van der Waals surface area contributed by atoms with E-state index < -0.39 is 47.3 Å². The molecule has 1 heterocycles. The van der Waals surface area contributed by atoms with E-state index in [4.69, 9.17) is 0 Å². The molecule has 276 valence electrons. The monoisotopic (exact) mass is 777 g/mol. The molecular formula is C36H38FN3NaO10PS. The Kier molecular flexibility index (Phi) is 14.5. The molecule has 3 atom stereocenters. The van der Waals surface area contributed by atoms with Crippen LogP contribution in [0.3, 0.4) is 0 Å². The topological polar surface area (TPSA) is 217 Å². The number of anilines is 1. The average Bonchev–Trinajstić information content (AvgIpc) is 3.09. The second kappa shape index (κ2) is 18.2. The van der Waals surface area contributed by atoms with Crippen LogP contribution in [0, 0.1) is 11.7 Å². The van der Waals surface area contributed by atoms with Crippen LogP contribution >= 0.6 is 7.60 Å². The van der Waals surface area contributed by atoms with Gasteiger partial charge in [0.2, 0.25) is 11.8 Å². The van der Waals surface area contributed by atoms with Crippen molar-refractivity contribution in [2.75, 3.05) is 23.7 Å². The van der Waals surface area contributed by atoms with Gasteiger partial charge in [-0.15, -0.1) is 0 Å². The average molecular weight is 778 g/mol. The normalized spacial score (nSPS) is 16.4. The van der Waals surface area contributed by atoms with Crippen LogP contribution < -0.4 is 50.4 Å². The molecule has 6 N–H and O–H groups in total. The van der Waals surface area contributed by atoms with Gasteiger partial charge in [-0.2, -0.15) is 0 Å². The molecule has 1 aliphatic rings. The van der Waals surface area contributed by atoms with E-state index in [-0.39, 0.29) is 91.3 Å². The number of halogens is 1. The van der Waals surface area contributed by atoms with Crippen molar-refractivity contribution in [3.05, 3.63) is 114 Å². The number of phenols is 1. The van der Waals surface area contributed by atoms with Gasteiger partial charge in [0.1, 0.15) is 11.6 Å². The molecule has 5 rings (SSSR count). The molecule has 53 heavy (non-hydrogen) atoms. The molecule has 4 aromatic rings. The van der Waals surface area contributed by atoms with Crippen LogP contribution in [0.1, 0.15) is 48.1 Å². The first kappa shape index (κ1) is 42.3. The first-order chi connectivity index (χ1) is 24.6. The molecule has 2 amide bonds. The van der Waals surface area contributed by atoms with E-state index in [2.05, 4.69) is 10.6 Å². The minimum atomic E-state index is -4.43. The van der Waals surface area contributed by atoms with Crippen molar-refractivity contribution < 1.29 is 81.1 Å². The fourth-order valence-electron chi connectivity index (χ4n) is 6.07. The van der Waals surface area contributed by atoms with Crippen molar-refractivity contribution in [3.8, 4) is 16.9 Å². The zero-order valence-electron chi connectivity index (χ0n) is 28.8. The zero-order valence-corrected chi connectivity index (χ0v) is 32.5. The smallest absolute Gasteiger partial charge is 0.748 e. The van der Waals surface area contributed by atoms with E-state index in [1.165, 1.54) is 54.6 Å². The molecular weight excluding hydrogens is 739 g/mol. The number of aliphatic hydroxyl groups is 1. The SMILES string of the molecule is O=C(CCNCCS(=O)(=O)[O-])NCc1ccc(N2C(=O)[C@H](CC[C@H](O)c3ccc(F)cc3)[C@H]2c2ccc(-c3ccc(P(=O)(O)O)cc3)cc2O)cc1.[Na+]. The Morgan fingerprint density at radius 1 is 0.943 bits per heavy atom. The number of phenolic OH excluding ortho intramolecular Hbond substituents is 1. The van der Waals surface area contributed by atoms with Gasteiger partial charge in [-0.3, -0.25) is 14.2 Å². The maximum Gasteiger partial charge on any atom is 1.00 e. The standard InChI is InChI=1S/C36H39FN3O10PS.Na/c37-27-8-3-25(4-9-27)32(41)16-15-31-35(30-14-7-26(21-33(30)42)24-5-12-29(13-6-24)51(45,46)47)40(36(31)44)28-10-1-23(2-11-28)22-39-34(43)17-18-38-19-20-52(48,49)50;/h1-14,21,31-32,35,38,41-42H,15-20,22H2,(H,39,43)(H2,45,46,47)(H,48,49,50);/q;+1/p-1/t31-,32+,35-;/m1./s1. The van der Waals surface area contributed by atoms with Crippen LogP contribution in [0.2, 0.25) is 0 Å². The van der Waals surface area contributed by atoms with Gasteiger partial charge in [0.15, 0.2) is 0 Å². The summed E-state index contributed by atoms with van der Waals surface area (Å²) in [5, 5.41) is 27.4. The summed E-state index contributed by atoms with van der Waals surface area (Å²) in [5.41, 5.74) is 3.42. The molecule has 4 aromatic carbocycles. The molecule has 0 spiro atoms. The van der Waals surface area contributed by atoms with Gasteiger partial charge in [-0.1, -0.05) is 48.5 Å². The van der Waals surface area contributed by atoms with E-state index >= 15 is 0 Å². The predicted octanol–water partition coefficient (Wildman–Crippen LogP) is 0.364. The summed E-state index contributed by atoms with van der Waals surface area (Å²) < 4.78 is 57.1. The van der Waals surface area contributed by atoms with Crippen LogP contribution in [0.4, 0.5) is 10.1 Å². The number of aliphatic hydroxyl groups excluding tert-OH is 1. The fraction of sp³-hybridized carbons (Fsp3) is 0.278. The summed E-state index contributed by atoms with van der Waals surface area (Å²) in [4.78, 5) is 46.3. The molecule has 1 aliphatic heterocycles. The number of hydrogen-bond acceptors (Lipinski definition) is 9. The fourth-order valence-corrected chi connectivity index (χ4v) is 7.00. The first-order valence-corrected chi connectivity index (χ1v) is 19.6. The molecule has 0 radical (unpaired) electrons. The van der Waals surface area contributed by atoms with E-state index in [0.717, 1.165) is 5.56 Å². The second-order valence-electron chi connectivity index (χ2n) is 12.5. The van der Waals surface area contributed by atoms with E-state index in [9.17, 15) is 51.5 Å². The largest absolute Gasteiger partial charge is 1.00 e. The van der Waals surface area contributed by atoms with Crippen LogP contribution in [0.25, 0.3) is 11.1 Å². The second-order valence-corrected chi connectivity index (χ2v) is 15.6. The summed E-state index contributed by atoms with van der Waals surface area (Å²) in [5.74, 6) is -2.24. The number of carbonyl (C=O) groups is 2. The Morgan fingerprint density at radius 2 is 1.58 bits per heavy atom. The van der Waals surface area contributed by atoms with Gasteiger partial charge < -0.3 is 40.1 Å². The summed E-state index contributed by atoms with van der Waals surface area (Å²) >= 11 is 0. The van der Waals surface area contributed by atoms with Crippen molar-refractivity contribution in [2.24, 2.45) is 5.92 Å². The van der Waals surface area contributed by atoms with Crippen molar-refractivity contribution >= 4 is 40.5 Å². The van der Waals surface area contributed by atoms with E-state index in [1.807, 2.05) is 0 Å². The Bertz CT molecular complexity index is 2050. The number of β-lactam (4-membered cyclic amide) rings is 1. The maximum absolute atomic E-state index is 13.7. The third-order valence-electron chi connectivity index (χ3n) is 8.87. The summed E-state index contributed by atoms with van der Waals surface area (Å²) in [7, 11) is -8.76. The van der Waals surface area contributed by atoms with Crippen LogP contribution in [0.15, 0.2) is 91.0 Å². The van der Waals surface area contributed by atoms with Gasteiger partial charge in [-0.05, 0) is 77.6 Å². The van der Waals surface area contributed by atoms with Crippen molar-refractivity contribution in [2.45, 2.75) is 38.0 Å². The van der Waals surface area contributed by atoms with Gasteiger partial charge in [-0.25, -0.2) is 12.8 Å². The Hall–Kier alpha value is -3.47. The van der Waals surface area contributed by atoms with E-state index in [0.29, 0.717) is 27.9 Å². The molecule has 0 aliphatic carbocycles. The van der Waals surface area contributed by atoms with Crippen LogP contribution in [-0.4, -0.2) is 63.6 Å². The number of rotatable bonds is 16. The number of nitrogens with zero attached hydrogens (tertiary/aromatic N) is 1. The maximum atomic E-state index is 13.7. The summed E-state index contributed by atoms with van der Waals surface area (Å²) in [6.45, 7) is 0.328. The van der Waals surface area contributed by atoms with Crippen molar-refractivity contribution in [3.63, 3.8) is 0 Å². The van der Waals surface area contributed by atoms with Crippen LogP contribution in [-0.2, 0) is 30.8 Å². The van der Waals surface area contributed by atoms with Gasteiger partial charge in [0.25, 0.3) is 0 Å². The number of hydrogen-bond donors (Lipinski definition) is 6. The molecule has 1 fully saturated rings. The Labute approximate surface area is 328 Å². The zero-order chi connectivity index (χ0) is 37.6. The third kappa shape index (κ3) is 11.3. The molecule has 1 saturated heterocycles. The minimum absolute atomic E-state index is 0. The van der Waals surface area contributed by atoms with Crippen LogP contribution in [0.5, 0.6) is 5.75 Å². The molecule has 0 saturated carbocycles. The van der Waals surface area contributed by atoms with Gasteiger partial charge in [0.05, 0.1) is 39.2 Å². The minimum Gasteiger partial charge on any atom is -0.748 e. The number of aromatic hydroxyl groups is 1. The van der Waals surface area contributed by atoms with Crippen molar-refractivity contribution in [1.82, 2.24) is 10.6 Å². The van der Waals surface area contributed by atoms with Crippen molar-refractivity contribution in [1.29, 1.82) is 0 Å². The molecule has 13 nitrogen and oxygen atoms in total.